The van der Waals surface area contributed by atoms with Crippen molar-refractivity contribution >= 4 is 15.9 Å². The molecular weight excluding hydrogens is 254 g/mol. The maximum atomic E-state index is 5.61. The van der Waals surface area contributed by atoms with Gasteiger partial charge in [0.15, 0.2) is 0 Å². The zero-order chi connectivity index (χ0) is 10.8. The molecule has 1 aromatic carbocycles. The molecule has 1 heterocycles. The van der Waals surface area contributed by atoms with Crippen LogP contribution in [0.25, 0.3) is 11.3 Å². The highest BCUT2D eigenvalue weighted by Gasteiger charge is 2.12. The van der Waals surface area contributed by atoms with E-state index in [2.05, 4.69) is 33.0 Å². The summed E-state index contributed by atoms with van der Waals surface area (Å²) in [4.78, 5) is 4.36. The Balaban J connectivity index is 2.58. The van der Waals surface area contributed by atoms with Crippen LogP contribution in [-0.2, 0) is 13.6 Å². The van der Waals surface area contributed by atoms with Crippen molar-refractivity contribution in [3.8, 4) is 11.3 Å². The fourth-order valence-electron chi connectivity index (χ4n) is 1.60. The number of imidazole rings is 1. The first-order valence-electron chi connectivity index (χ1n) is 4.70. The van der Waals surface area contributed by atoms with E-state index in [0.717, 1.165) is 21.7 Å². The van der Waals surface area contributed by atoms with Gasteiger partial charge < -0.3 is 10.3 Å². The number of nitrogens with two attached hydrogens (primary N) is 1. The summed E-state index contributed by atoms with van der Waals surface area (Å²) >= 11 is 3.46. The molecule has 0 amide bonds. The second-order valence-corrected chi connectivity index (χ2v) is 4.05. The molecule has 0 unspecified atom stereocenters. The van der Waals surface area contributed by atoms with Gasteiger partial charge in [0.1, 0.15) is 10.4 Å². The van der Waals surface area contributed by atoms with Crippen LogP contribution in [0.15, 0.2) is 34.9 Å². The molecule has 4 heteroatoms. The van der Waals surface area contributed by atoms with Gasteiger partial charge in [-0.2, -0.15) is 0 Å². The minimum Gasteiger partial charge on any atom is -0.329 e. The van der Waals surface area contributed by atoms with E-state index in [1.807, 2.05) is 29.8 Å². The number of hydrogen-bond donors (Lipinski definition) is 1. The summed E-state index contributed by atoms with van der Waals surface area (Å²) in [6.07, 6.45) is 0. The smallest absolute Gasteiger partial charge is 0.132 e. The molecule has 0 aliphatic carbocycles. The van der Waals surface area contributed by atoms with Gasteiger partial charge in [-0.3, -0.25) is 0 Å². The van der Waals surface area contributed by atoms with Crippen LogP contribution in [0.5, 0.6) is 0 Å². The highest BCUT2D eigenvalue weighted by molar-refractivity contribution is 9.10. The quantitative estimate of drug-likeness (QED) is 0.906. The van der Waals surface area contributed by atoms with Gasteiger partial charge in [-0.15, -0.1) is 0 Å². The first-order valence-corrected chi connectivity index (χ1v) is 5.50. The van der Waals surface area contributed by atoms with Gasteiger partial charge in [0, 0.05) is 12.6 Å². The number of benzene rings is 1. The largest absolute Gasteiger partial charge is 0.329 e. The molecule has 3 nitrogen and oxygen atoms in total. The Morgan fingerprint density at radius 1 is 1.33 bits per heavy atom. The molecule has 0 saturated heterocycles. The van der Waals surface area contributed by atoms with Gasteiger partial charge in [-0.1, -0.05) is 30.3 Å². The van der Waals surface area contributed by atoms with Gasteiger partial charge in [-0.25, -0.2) is 4.98 Å². The van der Waals surface area contributed by atoms with Crippen LogP contribution in [0, 0.1) is 0 Å². The van der Waals surface area contributed by atoms with Crippen molar-refractivity contribution in [2.24, 2.45) is 12.8 Å². The van der Waals surface area contributed by atoms with Gasteiger partial charge >= 0.3 is 0 Å². The highest BCUT2D eigenvalue weighted by atomic mass is 79.9. The zero-order valence-corrected chi connectivity index (χ0v) is 10.0. The summed E-state index contributed by atoms with van der Waals surface area (Å²) in [5.41, 5.74) is 7.81. The monoisotopic (exact) mass is 265 g/mol. The molecule has 0 atom stereocenters. The van der Waals surface area contributed by atoms with Crippen molar-refractivity contribution in [1.82, 2.24) is 9.55 Å². The van der Waals surface area contributed by atoms with Gasteiger partial charge in [0.25, 0.3) is 0 Å². The van der Waals surface area contributed by atoms with Gasteiger partial charge in [0.2, 0.25) is 0 Å². The Labute approximate surface area is 97.1 Å². The van der Waals surface area contributed by atoms with E-state index in [1.165, 1.54) is 0 Å². The second-order valence-electron chi connectivity index (χ2n) is 3.30. The van der Waals surface area contributed by atoms with Crippen LogP contribution < -0.4 is 5.73 Å². The molecule has 2 aromatic rings. The third kappa shape index (κ3) is 1.82. The molecule has 0 spiro atoms. The summed E-state index contributed by atoms with van der Waals surface area (Å²) in [6.45, 7) is 0.446. The molecule has 0 radical (unpaired) electrons. The Morgan fingerprint density at radius 2 is 2.00 bits per heavy atom. The second kappa shape index (κ2) is 4.16. The molecule has 2 rings (SSSR count). The molecule has 0 aliphatic heterocycles. The van der Waals surface area contributed by atoms with Gasteiger partial charge in [0.05, 0.1) is 12.2 Å². The molecule has 15 heavy (non-hydrogen) atoms. The minimum atomic E-state index is 0.446. The third-order valence-electron chi connectivity index (χ3n) is 2.38. The van der Waals surface area contributed by atoms with Crippen LogP contribution in [0.4, 0.5) is 0 Å². The number of aromatic nitrogens is 2. The lowest BCUT2D eigenvalue weighted by atomic mass is 10.2. The van der Waals surface area contributed by atoms with Crippen molar-refractivity contribution in [3.63, 3.8) is 0 Å². The molecule has 1 aromatic heterocycles. The van der Waals surface area contributed by atoms with E-state index in [9.17, 15) is 0 Å². The Hall–Kier alpha value is -1.13. The maximum absolute atomic E-state index is 5.61. The zero-order valence-electron chi connectivity index (χ0n) is 8.44. The van der Waals surface area contributed by atoms with E-state index in [4.69, 9.17) is 5.73 Å². The van der Waals surface area contributed by atoms with E-state index in [-0.39, 0.29) is 0 Å². The average Bonchev–Trinajstić information content (AvgIpc) is 2.55. The number of halogens is 1. The van der Waals surface area contributed by atoms with Crippen molar-refractivity contribution in [2.45, 2.75) is 6.54 Å². The maximum Gasteiger partial charge on any atom is 0.132 e. The van der Waals surface area contributed by atoms with Crippen molar-refractivity contribution in [3.05, 3.63) is 40.8 Å². The van der Waals surface area contributed by atoms with Crippen molar-refractivity contribution in [1.29, 1.82) is 0 Å². The Morgan fingerprint density at radius 3 is 2.53 bits per heavy atom. The van der Waals surface area contributed by atoms with Crippen molar-refractivity contribution in [2.75, 3.05) is 0 Å². The Kier molecular flexibility index (Phi) is 2.88. The van der Waals surface area contributed by atoms with Crippen LogP contribution in [-0.4, -0.2) is 9.55 Å². The van der Waals surface area contributed by atoms with Gasteiger partial charge in [-0.05, 0) is 15.9 Å². The molecule has 0 saturated carbocycles. The average molecular weight is 266 g/mol. The number of nitrogens with zero attached hydrogens (tertiary/aromatic N) is 2. The summed E-state index contributed by atoms with van der Waals surface area (Å²) in [5.74, 6) is 0.876. The van der Waals surface area contributed by atoms with Crippen LogP contribution in [0.1, 0.15) is 5.82 Å². The first kappa shape index (κ1) is 10.4. The standard InChI is InChI=1S/C11H12BrN3/c1-15-9(7-13)14-11(12)10(15)8-5-3-2-4-6-8/h2-6H,7,13H2,1H3. The molecular formula is C11H12BrN3. The summed E-state index contributed by atoms with van der Waals surface area (Å²) < 4.78 is 2.86. The SMILES string of the molecule is Cn1c(CN)nc(Br)c1-c1ccccc1. The summed E-state index contributed by atoms with van der Waals surface area (Å²) in [7, 11) is 1.97. The van der Waals surface area contributed by atoms with E-state index >= 15 is 0 Å². The Bertz CT molecular complexity index is 462. The predicted molar refractivity (Wildman–Crippen MR) is 64.2 cm³/mol. The number of rotatable bonds is 2. The predicted octanol–water partition coefficient (Wildman–Crippen LogP) is 2.31. The topological polar surface area (TPSA) is 43.8 Å². The van der Waals surface area contributed by atoms with E-state index in [0.29, 0.717) is 6.54 Å². The number of hydrogen-bond acceptors (Lipinski definition) is 2. The molecule has 0 aliphatic rings. The molecule has 0 bridgehead atoms. The first-order chi connectivity index (χ1) is 7.24. The fourth-order valence-corrected chi connectivity index (χ4v) is 2.30. The van der Waals surface area contributed by atoms with E-state index in [1.54, 1.807) is 0 Å². The fraction of sp³-hybridized carbons (Fsp3) is 0.182. The normalized spacial score (nSPS) is 10.6. The summed E-state index contributed by atoms with van der Waals surface area (Å²) in [6, 6.07) is 10.1. The molecule has 2 N–H and O–H groups in total. The lowest BCUT2D eigenvalue weighted by molar-refractivity contribution is 0.798. The van der Waals surface area contributed by atoms with Crippen LogP contribution in [0.3, 0.4) is 0 Å². The lowest BCUT2D eigenvalue weighted by Crippen LogP contribution is -2.05. The minimum absolute atomic E-state index is 0.446. The van der Waals surface area contributed by atoms with E-state index < -0.39 is 0 Å². The van der Waals surface area contributed by atoms with Crippen LogP contribution in [0.2, 0.25) is 0 Å². The highest BCUT2D eigenvalue weighted by Crippen LogP contribution is 2.27. The molecule has 78 valence electrons. The summed E-state index contributed by atoms with van der Waals surface area (Å²) in [5, 5.41) is 0. The van der Waals surface area contributed by atoms with Crippen LogP contribution >= 0.6 is 15.9 Å². The van der Waals surface area contributed by atoms with Crippen molar-refractivity contribution < 1.29 is 0 Å². The lowest BCUT2D eigenvalue weighted by Gasteiger charge is -2.04. The molecule has 0 fully saturated rings. The third-order valence-corrected chi connectivity index (χ3v) is 2.93.